The minimum Gasteiger partial charge on any atom is -0.486 e. The summed E-state index contributed by atoms with van der Waals surface area (Å²) in [7, 11) is 0. The largest absolute Gasteiger partial charge is 0.486 e. The number of Topliss-reactive ketones (excluding diaryl/α,β-unsaturated/α-hetero) is 1. The van der Waals surface area contributed by atoms with Crippen molar-refractivity contribution in [3.05, 3.63) is 59.5 Å². The average molecular weight is 396 g/mol. The first-order valence-electron chi connectivity index (χ1n) is 9.57. The highest BCUT2D eigenvalue weighted by molar-refractivity contribution is 6.31. The van der Waals surface area contributed by atoms with Gasteiger partial charge in [-0.2, -0.15) is 0 Å². The predicted molar refractivity (Wildman–Crippen MR) is 109 cm³/mol. The number of ether oxygens (including phenoxy) is 1. The third-order valence-electron chi connectivity index (χ3n) is 6.08. The minimum atomic E-state index is 0.105. The van der Waals surface area contributed by atoms with Crippen molar-refractivity contribution in [2.75, 3.05) is 11.9 Å². The molecule has 1 N–H and O–H groups in total. The molecule has 3 saturated carbocycles. The van der Waals surface area contributed by atoms with Crippen LogP contribution in [0.1, 0.15) is 31.2 Å². The van der Waals surface area contributed by atoms with Crippen LogP contribution >= 0.6 is 11.6 Å². The molecule has 144 valence electrons. The Balaban J connectivity index is 1.15. The average Bonchev–Trinajstić information content (AvgIpc) is 3.09. The Bertz CT molecular complexity index is 1050. The zero-order valence-electron chi connectivity index (χ0n) is 15.7. The Labute approximate surface area is 168 Å². The summed E-state index contributed by atoms with van der Waals surface area (Å²) in [6.07, 6.45) is 9.44. The normalized spacial score (nSPS) is 25.1. The summed E-state index contributed by atoms with van der Waals surface area (Å²) in [4.78, 5) is 16.9. The minimum absolute atomic E-state index is 0.105. The summed E-state index contributed by atoms with van der Waals surface area (Å²) in [6, 6.07) is 9.55. The summed E-state index contributed by atoms with van der Waals surface area (Å²) in [5.74, 6) is 1.78. The molecule has 0 atom stereocenters. The van der Waals surface area contributed by atoms with Crippen molar-refractivity contribution in [3.8, 4) is 5.75 Å². The van der Waals surface area contributed by atoms with E-state index in [9.17, 15) is 4.79 Å². The predicted octanol–water partition coefficient (Wildman–Crippen LogP) is 4.67. The number of carbonyl (C=O) groups excluding carboxylic acids is 1. The van der Waals surface area contributed by atoms with Crippen LogP contribution in [0.4, 0.5) is 5.82 Å². The summed E-state index contributed by atoms with van der Waals surface area (Å²) < 4.78 is 7.72. The lowest BCUT2D eigenvalue weighted by atomic mass is 9.38. The lowest BCUT2D eigenvalue weighted by Gasteiger charge is -2.71. The molecule has 0 spiro atoms. The van der Waals surface area contributed by atoms with Crippen LogP contribution in [0.25, 0.3) is 5.52 Å². The van der Waals surface area contributed by atoms with Gasteiger partial charge in [0.05, 0.1) is 5.52 Å². The number of carbonyl (C=O) groups is 1. The topological polar surface area (TPSA) is 55.6 Å². The van der Waals surface area contributed by atoms with E-state index in [1.165, 1.54) is 0 Å². The molecule has 0 unspecified atom stereocenters. The lowest BCUT2D eigenvalue weighted by molar-refractivity contribution is -0.147. The number of hydrogen-bond acceptors (Lipinski definition) is 4. The van der Waals surface area contributed by atoms with Gasteiger partial charge in [-0.05, 0) is 67.5 Å². The van der Waals surface area contributed by atoms with Crippen molar-refractivity contribution in [1.82, 2.24) is 9.38 Å². The fourth-order valence-electron chi connectivity index (χ4n) is 4.98. The van der Waals surface area contributed by atoms with E-state index in [-0.39, 0.29) is 23.3 Å². The molecule has 0 amide bonds. The molecule has 28 heavy (non-hydrogen) atoms. The molecule has 5 nitrogen and oxygen atoms in total. The molecule has 2 bridgehead atoms. The van der Waals surface area contributed by atoms with E-state index in [0.29, 0.717) is 17.2 Å². The SMILES string of the molecule is Cc1cc(OCC(=O)CC23CC(Nc4nccn5cccc45)(C2)C3)ccc1Cl. The van der Waals surface area contributed by atoms with Gasteiger partial charge in [-0.3, -0.25) is 4.79 Å². The molecule has 3 aliphatic carbocycles. The summed E-state index contributed by atoms with van der Waals surface area (Å²) >= 11 is 6.02. The van der Waals surface area contributed by atoms with Crippen LogP contribution in [0.3, 0.4) is 0 Å². The van der Waals surface area contributed by atoms with Crippen molar-refractivity contribution in [1.29, 1.82) is 0 Å². The number of nitrogens with one attached hydrogen (secondary N) is 1. The Morgan fingerprint density at radius 1 is 1.29 bits per heavy atom. The fraction of sp³-hybridized carbons (Fsp3) is 0.364. The number of anilines is 1. The number of nitrogens with zero attached hydrogens (tertiary/aromatic N) is 2. The standard InChI is InChI=1S/C22H22ClN3O2/c1-15-9-17(4-5-18(15)23)28-11-16(27)10-21-12-22(13-21,14-21)25-20-19-3-2-7-26(19)8-6-24-20/h2-9H,10-14H2,1H3,(H,24,25). The molecule has 3 aromatic rings. The number of benzene rings is 1. The second-order valence-corrected chi connectivity index (χ2v) is 8.83. The third-order valence-corrected chi connectivity index (χ3v) is 6.50. The highest BCUT2D eigenvalue weighted by atomic mass is 35.5. The molecule has 0 radical (unpaired) electrons. The van der Waals surface area contributed by atoms with E-state index in [2.05, 4.69) is 20.8 Å². The molecule has 0 aliphatic heterocycles. The van der Waals surface area contributed by atoms with Gasteiger partial charge in [0, 0.05) is 35.6 Å². The van der Waals surface area contributed by atoms with Crippen LogP contribution in [0, 0.1) is 12.3 Å². The van der Waals surface area contributed by atoms with Gasteiger partial charge in [-0.15, -0.1) is 0 Å². The zero-order valence-corrected chi connectivity index (χ0v) is 16.5. The van der Waals surface area contributed by atoms with Crippen LogP contribution < -0.4 is 10.1 Å². The highest BCUT2D eigenvalue weighted by Gasteiger charge is 2.68. The Morgan fingerprint density at radius 2 is 2.11 bits per heavy atom. The second-order valence-electron chi connectivity index (χ2n) is 8.43. The molecule has 6 heteroatoms. The molecule has 0 saturated heterocycles. The monoisotopic (exact) mass is 395 g/mol. The number of rotatable bonds is 7. The second kappa shape index (κ2) is 6.24. The van der Waals surface area contributed by atoms with Crippen LogP contribution in [0.15, 0.2) is 48.9 Å². The van der Waals surface area contributed by atoms with E-state index in [0.717, 1.165) is 36.2 Å². The summed E-state index contributed by atoms with van der Waals surface area (Å²) in [6.45, 7) is 2.04. The molecule has 2 heterocycles. The number of aromatic nitrogens is 2. The van der Waals surface area contributed by atoms with Crippen molar-refractivity contribution in [2.24, 2.45) is 5.41 Å². The van der Waals surface area contributed by atoms with Crippen molar-refractivity contribution >= 4 is 28.7 Å². The van der Waals surface area contributed by atoms with Gasteiger partial charge in [0.1, 0.15) is 12.4 Å². The molecule has 6 rings (SSSR count). The smallest absolute Gasteiger partial charge is 0.170 e. The van der Waals surface area contributed by atoms with E-state index in [4.69, 9.17) is 16.3 Å². The van der Waals surface area contributed by atoms with E-state index < -0.39 is 0 Å². The van der Waals surface area contributed by atoms with Crippen LogP contribution in [-0.4, -0.2) is 27.3 Å². The maximum atomic E-state index is 12.4. The quantitative estimate of drug-likeness (QED) is 0.631. The van der Waals surface area contributed by atoms with Gasteiger partial charge in [0.25, 0.3) is 0 Å². The Kier molecular flexibility index (Phi) is 3.91. The zero-order chi connectivity index (χ0) is 19.4. The lowest BCUT2D eigenvalue weighted by Crippen LogP contribution is -2.71. The number of ketones is 1. The number of aryl methyl sites for hydroxylation is 1. The summed E-state index contributed by atoms with van der Waals surface area (Å²) in [5, 5.41) is 4.33. The first-order chi connectivity index (χ1) is 13.5. The van der Waals surface area contributed by atoms with Crippen LogP contribution in [0.5, 0.6) is 5.75 Å². The van der Waals surface area contributed by atoms with Gasteiger partial charge >= 0.3 is 0 Å². The number of fused-ring (bicyclic) bond motifs is 1. The molecule has 2 aromatic heterocycles. The van der Waals surface area contributed by atoms with Gasteiger partial charge in [0.15, 0.2) is 11.6 Å². The first kappa shape index (κ1) is 17.6. The maximum absolute atomic E-state index is 12.4. The Morgan fingerprint density at radius 3 is 2.89 bits per heavy atom. The van der Waals surface area contributed by atoms with Crippen molar-refractivity contribution in [2.45, 2.75) is 38.1 Å². The molecule has 3 aliphatic rings. The first-order valence-corrected chi connectivity index (χ1v) is 9.94. The molecular weight excluding hydrogens is 374 g/mol. The van der Waals surface area contributed by atoms with E-state index >= 15 is 0 Å². The van der Waals surface area contributed by atoms with Crippen molar-refractivity contribution in [3.63, 3.8) is 0 Å². The van der Waals surface area contributed by atoms with Crippen LogP contribution in [0.2, 0.25) is 5.02 Å². The van der Waals surface area contributed by atoms with Gasteiger partial charge < -0.3 is 14.5 Å². The number of hydrogen-bond donors (Lipinski definition) is 1. The third kappa shape index (κ3) is 2.94. The molecule has 3 fully saturated rings. The molecule has 1 aromatic carbocycles. The fourth-order valence-corrected chi connectivity index (χ4v) is 5.09. The van der Waals surface area contributed by atoms with Gasteiger partial charge in [-0.25, -0.2) is 4.98 Å². The summed E-state index contributed by atoms with van der Waals surface area (Å²) in [5.41, 5.74) is 2.29. The van der Waals surface area contributed by atoms with E-state index in [1.54, 1.807) is 12.1 Å². The van der Waals surface area contributed by atoms with Gasteiger partial charge in [-0.1, -0.05) is 11.6 Å². The van der Waals surface area contributed by atoms with Crippen LogP contribution in [-0.2, 0) is 4.79 Å². The van der Waals surface area contributed by atoms with Crippen molar-refractivity contribution < 1.29 is 9.53 Å². The van der Waals surface area contributed by atoms with E-state index in [1.807, 2.05) is 37.6 Å². The number of halogens is 1. The van der Waals surface area contributed by atoms with Gasteiger partial charge in [0.2, 0.25) is 0 Å². The maximum Gasteiger partial charge on any atom is 0.170 e. The molecular formula is C22H22ClN3O2. The Hall–Kier alpha value is -2.53. The highest BCUT2D eigenvalue weighted by Crippen LogP contribution is 2.70.